The summed E-state index contributed by atoms with van der Waals surface area (Å²) >= 11 is 0. The number of rotatable bonds is 4. The van der Waals surface area contributed by atoms with E-state index in [4.69, 9.17) is 0 Å². The van der Waals surface area contributed by atoms with Crippen molar-refractivity contribution in [3.63, 3.8) is 0 Å². The van der Waals surface area contributed by atoms with Gasteiger partial charge in [0.1, 0.15) is 0 Å². The van der Waals surface area contributed by atoms with Gasteiger partial charge in [0.2, 0.25) is 0 Å². The van der Waals surface area contributed by atoms with E-state index in [0.29, 0.717) is 5.92 Å². The van der Waals surface area contributed by atoms with Crippen molar-refractivity contribution in [2.75, 3.05) is 0 Å². The third-order valence-electron chi connectivity index (χ3n) is 2.66. The van der Waals surface area contributed by atoms with E-state index >= 15 is 0 Å². The van der Waals surface area contributed by atoms with Crippen LogP contribution in [0.25, 0.3) is 0 Å². The Kier molecular flexibility index (Phi) is 2.94. The molecule has 66 valence electrons. The topological polar surface area (TPSA) is 20.2 Å². The van der Waals surface area contributed by atoms with Crippen molar-refractivity contribution >= 4 is 0 Å². The highest BCUT2D eigenvalue weighted by Gasteiger charge is 2.41. The Hall–Kier alpha value is -0.0400. The third-order valence-corrected chi connectivity index (χ3v) is 2.66. The van der Waals surface area contributed by atoms with Crippen LogP contribution in [0.4, 0.5) is 0 Å². The van der Waals surface area contributed by atoms with Gasteiger partial charge >= 0.3 is 0 Å². The smallest absolute Gasteiger partial charge is 0.0568 e. The Morgan fingerprint density at radius 1 is 1.45 bits per heavy atom. The van der Waals surface area contributed by atoms with Crippen LogP contribution in [-0.4, -0.2) is 11.2 Å². The summed E-state index contributed by atoms with van der Waals surface area (Å²) in [5, 5.41) is 9.48. The maximum absolute atomic E-state index is 9.48. The van der Waals surface area contributed by atoms with E-state index in [-0.39, 0.29) is 6.10 Å². The summed E-state index contributed by atoms with van der Waals surface area (Å²) in [7, 11) is 0. The minimum Gasteiger partial charge on any atom is -0.393 e. The lowest BCUT2D eigenvalue weighted by Gasteiger charge is -2.07. The van der Waals surface area contributed by atoms with E-state index < -0.39 is 0 Å². The van der Waals surface area contributed by atoms with Crippen LogP contribution in [0.1, 0.15) is 40.0 Å². The van der Waals surface area contributed by atoms with Gasteiger partial charge in [-0.1, -0.05) is 20.8 Å². The first-order valence-electron chi connectivity index (χ1n) is 4.83. The molecule has 1 heteroatoms. The fourth-order valence-electron chi connectivity index (χ4n) is 1.92. The van der Waals surface area contributed by atoms with Crippen molar-refractivity contribution in [3.8, 4) is 0 Å². The van der Waals surface area contributed by atoms with Crippen molar-refractivity contribution in [1.82, 2.24) is 0 Å². The first-order chi connectivity index (χ1) is 5.15. The van der Waals surface area contributed by atoms with Crippen LogP contribution in [0.5, 0.6) is 0 Å². The van der Waals surface area contributed by atoms with Crippen molar-refractivity contribution in [3.05, 3.63) is 0 Å². The van der Waals surface area contributed by atoms with Crippen LogP contribution in [-0.2, 0) is 0 Å². The van der Waals surface area contributed by atoms with Gasteiger partial charge in [-0.2, -0.15) is 0 Å². The van der Waals surface area contributed by atoms with Crippen molar-refractivity contribution < 1.29 is 5.11 Å². The molecule has 1 unspecified atom stereocenters. The number of hydrogen-bond acceptors (Lipinski definition) is 1. The quantitative estimate of drug-likeness (QED) is 0.663. The fraction of sp³-hybridized carbons (Fsp3) is 1.00. The maximum Gasteiger partial charge on any atom is 0.0568 e. The molecule has 0 saturated heterocycles. The Labute approximate surface area is 69.8 Å². The highest BCUT2D eigenvalue weighted by molar-refractivity contribution is 4.91. The monoisotopic (exact) mass is 156 g/mol. The molecule has 0 spiro atoms. The molecule has 0 aromatic heterocycles. The Morgan fingerprint density at radius 3 is 2.55 bits per heavy atom. The van der Waals surface area contributed by atoms with E-state index in [1.165, 1.54) is 12.8 Å². The first kappa shape index (κ1) is 9.05. The molecule has 0 aromatic rings. The molecule has 1 saturated carbocycles. The number of hydrogen-bond donors (Lipinski definition) is 1. The molecule has 1 nitrogen and oxygen atoms in total. The summed E-state index contributed by atoms with van der Waals surface area (Å²) in [5.74, 6) is 2.28. The maximum atomic E-state index is 9.48. The summed E-state index contributed by atoms with van der Waals surface area (Å²) < 4.78 is 0. The van der Waals surface area contributed by atoms with Gasteiger partial charge in [-0.05, 0) is 37.0 Å². The Bertz CT molecular complexity index is 120. The number of aliphatic hydroxyl groups is 1. The van der Waals surface area contributed by atoms with Gasteiger partial charge in [0, 0.05) is 0 Å². The highest BCUT2D eigenvalue weighted by atomic mass is 16.3. The Morgan fingerprint density at radius 2 is 2.09 bits per heavy atom. The zero-order valence-corrected chi connectivity index (χ0v) is 7.88. The second-order valence-electron chi connectivity index (χ2n) is 4.26. The molecule has 0 radical (unpaired) electrons. The van der Waals surface area contributed by atoms with Gasteiger partial charge in [0.15, 0.2) is 0 Å². The van der Waals surface area contributed by atoms with Crippen molar-refractivity contribution in [2.24, 2.45) is 17.8 Å². The van der Waals surface area contributed by atoms with Crippen LogP contribution in [0.3, 0.4) is 0 Å². The van der Waals surface area contributed by atoms with Gasteiger partial charge in [0.05, 0.1) is 6.10 Å². The average Bonchev–Trinajstić information content (AvgIpc) is 2.65. The zero-order valence-electron chi connectivity index (χ0n) is 7.88. The summed E-state index contributed by atoms with van der Waals surface area (Å²) in [5.41, 5.74) is 0. The predicted octanol–water partition coefficient (Wildman–Crippen LogP) is 2.44. The van der Waals surface area contributed by atoms with Crippen LogP contribution in [0, 0.1) is 17.8 Å². The first-order valence-corrected chi connectivity index (χ1v) is 4.83. The van der Waals surface area contributed by atoms with Crippen LogP contribution in [0.15, 0.2) is 0 Å². The summed E-state index contributed by atoms with van der Waals surface area (Å²) in [4.78, 5) is 0. The van der Waals surface area contributed by atoms with Crippen molar-refractivity contribution in [2.45, 2.75) is 46.1 Å². The molecule has 0 amide bonds. The summed E-state index contributed by atoms with van der Waals surface area (Å²) in [6.45, 7) is 6.58. The molecule has 11 heavy (non-hydrogen) atoms. The molecule has 1 N–H and O–H groups in total. The summed E-state index contributed by atoms with van der Waals surface area (Å²) in [6.07, 6.45) is 3.49. The van der Waals surface area contributed by atoms with Gasteiger partial charge in [-0.15, -0.1) is 0 Å². The highest BCUT2D eigenvalue weighted by Crippen LogP contribution is 2.45. The molecule has 0 aliphatic heterocycles. The lowest BCUT2D eigenvalue weighted by Crippen LogP contribution is -2.09. The average molecular weight is 156 g/mol. The fourth-order valence-corrected chi connectivity index (χ4v) is 1.92. The largest absolute Gasteiger partial charge is 0.393 e. The molecular weight excluding hydrogens is 136 g/mol. The molecule has 0 heterocycles. The normalized spacial score (nSPS) is 32.5. The van der Waals surface area contributed by atoms with Crippen LogP contribution in [0.2, 0.25) is 0 Å². The Balaban J connectivity index is 2.15. The van der Waals surface area contributed by atoms with Crippen molar-refractivity contribution in [1.29, 1.82) is 0 Å². The van der Waals surface area contributed by atoms with E-state index in [9.17, 15) is 5.11 Å². The number of aliphatic hydroxyl groups excluding tert-OH is 1. The lowest BCUT2D eigenvalue weighted by molar-refractivity contribution is 0.139. The minimum atomic E-state index is -0.0150. The molecule has 3 atom stereocenters. The molecule has 0 bridgehead atoms. The second kappa shape index (κ2) is 3.57. The third kappa shape index (κ3) is 2.48. The minimum absolute atomic E-state index is 0.0150. The van der Waals surface area contributed by atoms with Gasteiger partial charge in [0.25, 0.3) is 0 Å². The second-order valence-corrected chi connectivity index (χ2v) is 4.26. The van der Waals surface area contributed by atoms with E-state index in [2.05, 4.69) is 20.8 Å². The molecule has 1 aliphatic carbocycles. The predicted molar refractivity (Wildman–Crippen MR) is 47.3 cm³/mol. The van der Waals surface area contributed by atoms with E-state index in [0.717, 1.165) is 18.3 Å². The lowest BCUT2D eigenvalue weighted by atomic mass is 10.0. The molecule has 0 aromatic carbocycles. The van der Waals surface area contributed by atoms with Gasteiger partial charge < -0.3 is 5.11 Å². The molecule has 1 fully saturated rings. The standard InChI is InChI=1S/C10H20O/c1-4-10(11)9-6-8(9)5-7(2)3/h7-11H,4-6H2,1-3H3/t8-,9-,10?/m1/s1. The molecule has 1 rings (SSSR count). The van der Waals surface area contributed by atoms with E-state index in [1.807, 2.05) is 0 Å². The molecule has 1 aliphatic rings. The molecular formula is C10H20O. The van der Waals surface area contributed by atoms with Crippen LogP contribution < -0.4 is 0 Å². The summed E-state index contributed by atoms with van der Waals surface area (Å²) in [6, 6.07) is 0. The van der Waals surface area contributed by atoms with Gasteiger partial charge in [-0.3, -0.25) is 0 Å². The van der Waals surface area contributed by atoms with Gasteiger partial charge in [-0.25, -0.2) is 0 Å². The van der Waals surface area contributed by atoms with Crippen LogP contribution >= 0.6 is 0 Å². The zero-order chi connectivity index (χ0) is 8.43. The SMILES string of the molecule is CCC(O)[C@@H]1C[C@H]1CC(C)C. The van der Waals surface area contributed by atoms with E-state index in [1.54, 1.807) is 0 Å².